The van der Waals surface area contributed by atoms with Gasteiger partial charge in [-0.3, -0.25) is 9.59 Å². The summed E-state index contributed by atoms with van der Waals surface area (Å²) in [5.74, 6) is -0.284. The third kappa shape index (κ3) is 5.60. The molecule has 9 heteroatoms. The van der Waals surface area contributed by atoms with Crippen LogP contribution in [-0.2, 0) is 16.2 Å². The van der Waals surface area contributed by atoms with Crippen molar-refractivity contribution in [1.29, 1.82) is 0 Å². The first-order valence-electron chi connectivity index (χ1n) is 13.6. The van der Waals surface area contributed by atoms with Gasteiger partial charge >= 0.3 is 0 Å². The molecule has 4 rings (SSSR count). The molecule has 1 aromatic carbocycles. The van der Waals surface area contributed by atoms with Gasteiger partial charge in [0.15, 0.2) is 11.5 Å². The topological polar surface area (TPSA) is 129 Å². The molecule has 1 saturated carbocycles. The standard InChI is InChI=1S/C29H40N2O7/c1-3-4-11-24(34)31(19-9-7-5-6-8-10-19)22-16-21(29(36)30-12-13-32)25-20-14-18(17-33)15-23(37-2)27(20)38-28(25)26(22)35/h3,14-16,19,22,25-26,28,32-33,35H,1,4-13,17H2,2H3,(H,30,36)/t22-,25+,26+,28+/m1/s1. The van der Waals surface area contributed by atoms with E-state index in [-0.39, 0.29) is 38.1 Å². The van der Waals surface area contributed by atoms with Crippen LogP contribution >= 0.6 is 0 Å². The van der Waals surface area contributed by atoms with Gasteiger partial charge in [-0.05, 0) is 43.0 Å². The molecule has 38 heavy (non-hydrogen) atoms. The van der Waals surface area contributed by atoms with Crippen molar-refractivity contribution in [1.82, 2.24) is 10.2 Å². The Hall–Kier alpha value is -2.88. The third-order valence-corrected chi connectivity index (χ3v) is 7.88. The van der Waals surface area contributed by atoms with Crippen LogP contribution in [0.3, 0.4) is 0 Å². The Morgan fingerprint density at radius 2 is 1.95 bits per heavy atom. The predicted molar refractivity (Wildman–Crippen MR) is 142 cm³/mol. The Morgan fingerprint density at radius 1 is 1.21 bits per heavy atom. The fraction of sp³-hybridized carbons (Fsp3) is 0.586. The van der Waals surface area contributed by atoms with Crippen LogP contribution in [0.4, 0.5) is 0 Å². The maximum Gasteiger partial charge on any atom is 0.247 e. The molecule has 0 spiro atoms. The van der Waals surface area contributed by atoms with Crippen LogP contribution in [-0.4, -0.2) is 76.6 Å². The number of aliphatic hydroxyl groups excluding tert-OH is 3. The summed E-state index contributed by atoms with van der Waals surface area (Å²) in [6.07, 6.45) is 8.18. The lowest BCUT2D eigenvalue weighted by Gasteiger charge is -2.44. The second-order valence-electron chi connectivity index (χ2n) is 10.3. The second-order valence-corrected chi connectivity index (χ2v) is 10.3. The zero-order chi connectivity index (χ0) is 27.2. The van der Waals surface area contributed by atoms with E-state index in [4.69, 9.17) is 9.47 Å². The summed E-state index contributed by atoms with van der Waals surface area (Å²) >= 11 is 0. The highest BCUT2D eigenvalue weighted by Gasteiger charge is 2.52. The minimum absolute atomic E-state index is 0.0525. The van der Waals surface area contributed by atoms with Crippen LogP contribution in [0.5, 0.6) is 11.5 Å². The van der Waals surface area contributed by atoms with E-state index >= 15 is 0 Å². The minimum Gasteiger partial charge on any atom is -0.493 e. The maximum atomic E-state index is 13.6. The van der Waals surface area contributed by atoms with Gasteiger partial charge < -0.3 is 35.0 Å². The van der Waals surface area contributed by atoms with Crippen molar-refractivity contribution in [2.24, 2.45) is 0 Å². The van der Waals surface area contributed by atoms with E-state index in [0.717, 1.165) is 38.5 Å². The SMILES string of the molecule is C=CCCC(=O)N(C1CCCCCC1)[C@@H]1C=C(C(=O)NCCO)[C@@H]2c3cc(CO)cc(OC)c3O[C@@H]2[C@H]1O. The lowest BCUT2D eigenvalue weighted by molar-refractivity contribution is -0.140. The number of ether oxygens (including phenoxy) is 2. The van der Waals surface area contributed by atoms with Gasteiger partial charge in [-0.15, -0.1) is 6.58 Å². The van der Waals surface area contributed by atoms with Gasteiger partial charge in [-0.25, -0.2) is 0 Å². The summed E-state index contributed by atoms with van der Waals surface area (Å²) in [5, 5.41) is 33.7. The number of benzene rings is 1. The molecule has 3 aliphatic rings. The van der Waals surface area contributed by atoms with Crippen molar-refractivity contribution in [2.45, 2.75) is 88.2 Å². The monoisotopic (exact) mass is 528 g/mol. The van der Waals surface area contributed by atoms with Crippen molar-refractivity contribution < 1.29 is 34.4 Å². The van der Waals surface area contributed by atoms with E-state index in [2.05, 4.69) is 11.9 Å². The van der Waals surface area contributed by atoms with E-state index in [0.29, 0.717) is 34.6 Å². The van der Waals surface area contributed by atoms with Gasteiger partial charge in [-0.1, -0.05) is 31.8 Å². The molecule has 1 fully saturated rings. The molecule has 2 amide bonds. The van der Waals surface area contributed by atoms with Crippen LogP contribution < -0.4 is 14.8 Å². The average molecular weight is 529 g/mol. The Balaban J connectivity index is 1.81. The van der Waals surface area contributed by atoms with E-state index < -0.39 is 30.1 Å². The lowest BCUT2D eigenvalue weighted by atomic mass is 9.76. The summed E-state index contributed by atoms with van der Waals surface area (Å²) in [7, 11) is 1.50. The highest BCUT2D eigenvalue weighted by Crippen LogP contribution is 2.51. The third-order valence-electron chi connectivity index (χ3n) is 7.88. The van der Waals surface area contributed by atoms with Gasteiger partial charge in [-0.2, -0.15) is 0 Å². The van der Waals surface area contributed by atoms with E-state index in [1.54, 1.807) is 29.2 Å². The Labute approximate surface area is 224 Å². The normalized spacial score (nSPS) is 24.8. The number of nitrogens with one attached hydrogen (secondary N) is 1. The molecule has 208 valence electrons. The van der Waals surface area contributed by atoms with Gasteiger partial charge in [0.05, 0.1) is 32.3 Å². The highest BCUT2D eigenvalue weighted by molar-refractivity contribution is 5.96. The van der Waals surface area contributed by atoms with Crippen molar-refractivity contribution >= 4 is 11.8 Å². The smallest absolute Gasteiger partial charge is 0.247 e. The van der Waals surface area contributed by atoms with Gasteiger partial charge in [0.2, 0.25) is 11.8 Å². The van der Waals surface area contributed by atoms with Crippen LogP contribution in [0.25, 0.3) is 0 Å². The van der Waals surface area contributed by atoms with Crippen LogP contribution in [0.1, 0.15) is 68.4 Å². The molecule has 1 heterocycles. The summed E-state index contributed by atoms with van der Waals surface area (Å²) < 4.78 is 11.8. The van der Waals surface area contributed by atoms with Gasteiger partial charge in [0.25, 0.3) is 0 Å². The van der Waals surface area contributed by atoms with Crippen LogP contribution in [0.2, 0.25) is 0 Å². The Kier molecular flexibility index (Phi) is 9.46. The van der Waals surface area contributed by atoms with Gasteiger partial charge in [0, 0.05) is 30.1 Å². The molecule has 0 aromatic heterocycles. The second kappa shape index (κ2) is 12.8. The van der Waals surface area contributed by atoms with Crippen molar-refractivity contribution in [3.8, 4) is 11.5 Å². The van der Waals surface area contributed by atoms with E-state index in [1.165, 1.54) is 7.11 Å². The molecule has 2 aliphatic carbocycles. The number of allylic oxidation sites excluding steroid dienone is 1. The molecule has 0 unspecified atom stereocenters. The largest absolute Gasteiger partial charge is 0.493 e. The number of fused-ring (bicyclic) bond motifs is 3. The molecule has 1 aromatic rings. The number of amides is 2. The van der Waals surface area contributed by atoms with Crippen LogP contribution in [0.15, 0.2) is 36.4 Å². The summed E-state index contributed by atoms with van der Waals surface area (Å²) in [4.78, 5) is 28.8. The zero-order valence-corrected chi connectivity index (χ0v) is 22.1. The fourth-order valence-electron chi connectivity index (χ4n) is 6.09. The number of methoxy groups -OCH3 is 1. The number of hydrogen-bond donors (Lipinski definition) is 4. The molecular formula is C29H40N2O7. The molecule has 9 nitrogen and oxygen atoms in total. The van der Waals surface area contributed by atoms with E-state index in [9.17, 15) is 24.9 Å². The highest BCUT2D eigenvalue weighted by atomic mass is 16.5. The molecule has 1 aliphatic heterocycles. The average Bonchev–Trinajstić information content (AvgIpc) is 3.11. The molecule has 0 bridgehead atoms. The Morgan fingerprint density at radius 3 is 2.58 bits per heavy atom. The number of hydrogen-bond acceptors (Lipinski definition) is 7. The van der Waals surface area contributed by atoms with E-state index in [1.807, 2.05) is 0 Å². The number of aliphatic hydroxyl groups is 3. The first-order valence-corrected chi connectivity index (χ1v) is 13.6. The minimum atomic E-state index is -1.10. The molecule has 0 saturated heterocycles. The van der Waals surface area contributed by atoms with Crippen LogP contribution in [0, 0.1) is 0 Å². The lowest BCUT2D eigenvalue weighted by Crippen LogP contribution is -2.58. The number of carbonyl (C=O) groups is 2. The molecular weight excluding hydrogens is 488 g/mol. The summed E-state index contributed by atoms with van der Waals surface area (Å²) in [6, 6.07) is 2.62. The molecule has 4 atom stereocenters. The summed E-state index contributed by atoms with van der Waals surface area (Å²) in [6.45, 7) is 3.37. The van der Waals surface area contributed by atoms with Gasteiger partial charge in [0.1, 0.15) is 12.2 Å². The molecule has 4 N–H and O–H groups in total. The first kappa shape index (κ1) is 28.1. The fourth-order valence-corrected chi connectivity index (χ4v) is 6.09. The number of nitrogens with zero attached hydrogens (tertiary/aromatic N) is 1. The van der Waals surface area contributed by atoms with Crippen molar-refractivity contribution in [3.63, 3.8) is 0 Å². The number of rotatable bonds is 10. The first-order chi connectivity index (χ1) is 18.4. The maximum absolute atomic E-state index is 13.6. The quantitative estimate of drug-likeness (QED) is 0.271. The predicted octanol–water partition coefficient (Wildman–Crippen LogP) is 2.33. The van der Waals surface area contributed by atoms with Crippen molar-refractivity contribution in [2.75, 3.05) is 20.3 Å². The van der Waals surface area contributed by atoms with Crippen molar-refractivity contribution in [3.05, 3.63) is 47.6 Å². The number of carbonyl (C=O) groups excluding carboxylic acids is 2. The molecule has 0 radical (unpaired) electrons. The summed E-state index contributed by atoms with van der Waals surface area (Å²) in [5.41, 5.74) is 1.60. The Bertz CT molecular complexity index is 1050. The zero-order valence-electron chi connectivity index (χ0n) is 22.1.